The fourth-order valence-corrected chi connectivity index (χ4v) is 2.27. The van der Waals surface area contributed by atoms with Gasteiger partial charge in [-0.3, -0.25) is 0 Å². The maximum atomic E-state index is 5.99. The smallest absolute Gasteiger partial charge is 0.130 e. The average molecular weight is 296 g/mol. The second kappa shape index (κ2) is 6.29. The summed E-state index contributed by atoms with van der Waals surface area (Å²) in [5, 5.41) is 1.38. The Morgan fingerprint density at radius 1 is 1.00 bits per heavy atom. The standard InChI is InChI=1S/C15H15Cl2NO/c1-10-8-12(16)2-4-14(10)19-15-5-3-13(17)9-11(15)6-7-18/h2-5,8-9H,6-7,18H2,1H3. The van der Waals surface area contributed by atoms with Crippen LogP contribution in [0.2, 0.25) is 10.0 Å². The lowest BCUT2D eigenvalue weighted by atomic mass is 10.1. The van der Waals surface area contributed by atoms with Crippen LogP contribution >= 0.6 is 23.2 Å². The van der Waals surface area contributed by atoms with Crippen molar-refractivity contribution in [2.24, 2.45) is 5.73 Å². The van der Waals surface area contributed by atoms with E-state index in [0.29, 0.717) is 16.6 Å². The van der Waals surface area contributed by atoms with Crippen molar-refractivity contribution in [1.29, 1.82) is 0 Å². The number of ether oxygens (including phenoxy) is 1. The molecule has 19 heavy (non-hydrogen) atoms. The number of nitrogens with two attached hydrogens (primary N) is 1. The van der Waals surface area contributed by atoms with Crippen molar-refractivity contribution in [3.63, 3.8) is 0 Å². The van der Waals surface area contributed by atoms with Crippen molar-refractivity contribution < 1.29 is 4.74 Å². The van der Waals surface area contributed by atoms with Gasteiger partial charge in [-0.2, -0.15) is 0 Å². The van der Waals surface area contributed by atoms with E-state index in [1.54, 1.807) is 0 Å². The van der Waals surface area contributed by atoms with Gasteiger partial charge in [0.05, 0.1) is 0 Å². The van der Waals surface area contributed by atoms with E-state index in [4.69, 9.17) is 33.7 Å². The van der Waals surface area contributed by atoms with Crippen LogP contribution in [0.4, 0.5) is 0 Å². The van der Waals surface area contributed by atoms with E-state index in [1.165, 1.54) is 0 Å². The number of halogens is 2. The first-order chi connectivity index (χ1) is 9.10. The second-order valence-corrected chi connectivity index (χ2v) is 5.18. The van der Waals surface area contributed by atoms with Crippen LogP contribution in [0.1, 0.15) is 11.1 Å². The number of aryl methyl sites for hydroxylation is 1. The molecule has 0 saturated carbocycles. The summed E-state index contributed by atoms with van der Waals surface area (Å²) in [5.74, 6) is 1.56. The van der Waals surface area contributed by atoms with Crippen LogP contribution < -0.4 is 10.5 Å². The predicted octanol–water partition coefficient (Wildman–Crippen LogP) is 4.60. The molecule has 0 radical (unpaired) electrons. The number of hydrogen-bond acceptors (Lipinski definition) is 2. The van der Waals surface area contributed by atoms with Crippen molar-refractivity contribution in [2.75, 3.05) is 6.54 Å². The van der Waals surface area contributed by atoms with Crippen LogP contribution in [0.15, 0.2) is 36.4 Å². The average Bonchev–Trinajstić information content (AvgIpc) is 2.36. The fraction of sp³-hybridized carbons (Fsp3) is 0.200. The van der Waals surface area contributed by atoms with Crippen LogP contribution in [0.25, 0.3) is 0 Å². The van der Waals surface area contributed by atoms with Gasteiger partial charge in [0.25, 0.3) is 0 Å². The van der Waals surface area contributed by atoms with E-state index >= 15 is 0 Å². The molecule has 0 fully saturated rings. The molecule has 0 heterocycles. The zero-order chi connectivity index (χ0) is 13.8. The molecule has 2 aromatic rings. The Bertz CT molecular complexity index is 584. The zero-order valence-corrected chi connectivity index (χ0v) is 12.1. The summed E-state index contributed by atoms with van der Waals surface area (Å²) in [7, 11) is 0. The third kappa shape index (κ3) is 3.63. The first-order valence-corrected chi connectivity index (χ1v) is 6.78. The summed E-state index contributed by atoms with van der Waals surface area (Å²) in [5.41, 5.74) is 7.60. The maximum absolute atomic E-state index is 5.99. The van der Waals surface area contributed by atoms with Crippen LogP contribution in [-0.4, -0.2) is 6.54 Å². The van der Waals surface area contributed by atoms with E-state index < -0.39 is 0 Å². The van der Waals surface area contributed by atoms with Crippen LogP contribution in [-0.2, 0) is 6.42 Å². The Labute approximate surface area is 123 Å². The Kier molecular flexibility index (Phi) is 4.70. The van der Waals surface area contributed by atoms with Gasteiger partial charge in [0.1, 0.15) is 11.5 Å². The van der Waals surface area contributed by atoms with Gasteiger partial charge in [-0.15, -0.1) is 0 Å². The molecule has 2 nitrogen and oxygen atoms in total. The van der Waals surface area contributed by atoms with Gasteiger partial charge in [0, 0.05) is 10.0 Å². The molecule has 0 unspecified atom stereocenters. The summed E-state index contributed by atoms with van der Waals surface area (Å²) in [6.45, 7) is 2.51. The third-order valence-corrected chi connectivity index (χ3v) is 3.26. The Hall–Kier alpha value is -1.22. The van der Waals surface area contributed by atoms with Crippen molar-refractivity contribution >= 4 is 23.2 Å². The van der Waals surface area contributed by atoms with E-state index in [-0.39, 0.29) is 0 Å². The normalized spacial score (nSPS) is 10.5. The molecule has 2 rings (SSSR count). The highest BCUT2D eigenvalue weighted by atomic mass is 35.5. The maximum Gasteiger partial charge on any atom is 0.130 e. The minimum absolute atomic E-state index is 0.552. The lowest BCUT2D eigenvalue weighted by molar-refractivity contribution is 0.472. The van der Waals surface area contributed by atoms with Crippen LogP contribution in [0.3, 0.4) is 0 Å². The minimum atomic E-state index is 0.552. The topological polar surface area (TPSA) is 35.2 Å². The quantitative estimate of drug-likeness (QED) is 0.895. The molecule has 4 heteroatoms. The van der Waals surface area contributed by atoms with Crippen molar-refractivity contribution in [1.82, 2.24) is 0 Å². The number of rotatable bonds is 4. The van der Waals surface area contributed by atoms with E-state index in [2.05, 4.69) is 0 Å². The highest BCUT2D eigenvalue weighted by molar-refractivity contribution is 6.31. The third-order valence-electron chi connectivity index (χ3n) is 2.79. The molecular weight excluding hydrogens is 281 g/mol. The predicted molar refractivity (Wildman–Crippen MR) is 80.5 cm³/mol. The van der Waals surface area contributed by atoms with E-state index in [9.17, 15) is 0 Å². The SMILES string of the molecule is Cc1cc(Cl)ccc1Oc1ccc(Cl)cc1CCN. The highest BCUT2D eigenvalue weighted by Gasteiger charge is 2.07. The minimum Gasteiger partial charge on any atom is -0.457 e. The lowest BCUT2D eigenvalue weighted by Gasteiger charge is -2.13. The summed E-state index contributed by atoms with van der Waals surface area (Å²) < 4.78 is 5.93. The van der Waals surface area contributed by atoms with Gasteiger partial charge in [-0.1, -0.05) is 23.2 Å². The molecule has 2 aromatic carbocycles. The zero-order valence-electron chi connectivity index (χ0n) is 10.6. The number of benzene rings is 2. The molecule has 0 amide bonds. The molecule has 0 aliphatic rings. The van der Waals surface area contributed by atoms with Crippen LogP contribution in [0, 0.1) is 6.92 Å². The van der Waals surface area contributed by atoms with Crippen LogP contribution in [0.5, 0.6) is 11.5 Å². The molecule has 0 aliphatic carbocycles. The first-order valence-electron chi connectivity index (χ1n) is 6.02. The van der Waals surface area contributed by atoms with Crippen molar-refractivity contribution in [3.8, 4) is 11.5 Å². The Balaban J connectivity index is 2.32. The molecule has 0 aliphatic heterocycles. The molecule has 0 aromatic heterocycles. The van der Waals surface area contributed by atoms with Gasteiger partial charge in [0.15, 0.2) is 0 Å². The van der Waals surface area contributed by atoms with Gasteiger partial charge >= 0.3 is 0 Å². The molecule has 0 saturated heterocycles. The highest BCUT2D eigenvalue weighted by Crippen LogP contribution is 2.31. The molecule has 0 spiro atoms. The second-order valence-electron chi connectivity index (χ2n) is 4.30. The summed E-state index contributed by atoms with van der Waals surface area (Å²) in [6.07, 6.45) is 0.725. The number of hydrogen-bond donors (Lipinski definition) is 1. The van der Waals surface area contributed by atoms with E-state index in [1.807, 2.05) is 43.3 Å². The lowest BCUT2D eigenvalue weighted by Crippen LogP contribution is -2.04. The van der Waals surface area contributed by atoms with Crippen molar-refractivity contribution in [2.45, 2.75) is 13.3 Å². The fourth-order valence-electron chi connectivity index (χ4n) is 1.84. The monoisotopic (exact) mass is 295 g/mol. The summed E-state index contributed by atoms with van der Waals surface area (Å²) >= 11 is 11.9. The largest absolute Gasteiger partial charge is 0.457 e. The Morgan fingerprint density at radius 3 is 2.26 bits per heavy atom. The van der Waals surface area contributed by atoms with Crippen molar-refractivity contribution in [3.05, 3.63) is 57.6 Å². The Morgan fingerprint density at radius 2 is 1.63 bits per heavy atom. The first kappa shape index (κ1) is 14.2. The van der Waals surface area contributed by atoms with E-state index in [0.717, 1.165) is 29.0 Å². The molecule has 2 N–H and O–H groups in total. The van der Waals surface area contributed by atoms with Gasteiger partial charge in [0.2, 0.25) is 0 Å². The molecule has 100 valence electrons. The van der Waals surface area contributed by atoms with Gasteiger partial charge in [-0.25, -0.2) is 0 Å². The molecular formula is C15H15Cl2NO. The van der Waals surface area contributed by atoms with Gasteiger partial charge in [-0.05, 0) is 67.4 Å². The molecule has 0 bridgehead atoms. The molecule has 0 atom stereocenters. The van der Waals surface area contributed by atoms with Gasteiger partial charge < -0.3 is 10.5 Å². The summed E-state index contributed by atoms with van der Waals surface area (Å²) in [4.78, 5) is 0. The summed E-state index contributed by atoms with van der Waals surface area (Å²) in [6, 6.07) is 11.1.